The molecule has 56 heavy (non-hydrogen) atoms. The summed E-state index contributed by atoms with van der Waals surface area (Å²) in [6.07, 6.45) is -3.31. The van der Waals surface area contributed by atoms with Crippen molar-refractivity contribution in [1.29, 1.82) is 0 Å². The van der Waals surface area contributed by atoms with Crippen LogP contribution in [0.25, 0.3) is 0 Å². The topological polar surface area (TPSA) is 180 Å². The van der Waals surface area contributed by atoms with E-state index in [0.29, 0.717) is 5.75 Å². The van der Waals surface area contributed by atoms with Gasteiger partial charge in [-0.05, 0) is 101 Å². The Bertz CT molecular complexity index is 1620. The Balaban J connectivity index is 2.12. The van der Waals surface area contributed by atoms with Crippen molar-refractivity contribution in [3.63, 3.8) is 0 Å². The van der Waals surface area contributed by atoms with E-state index in [2.05, 4.69) is 21.3 Å². The summed E-state index contributed by atoms with van der Waals surface area (Å²) in [7, 11) is 1.55. The lowest BCUT2D eigenvalue weighted by Gasteiger charge is -2.30. The molecule has 0 bridgehead atoms. The monoisotopic (exact) mass is 792 g/mol. The van der Waals surface area contributed by atoms with Gasteiger partial charge in [-0.3, -0.25) is 14.4 Å². The number of nitrogens with one attached hydrogen (secondary N) is 4. The average molecular weight is 793 g/mol. The maximum atomic E-state index is 14.5. The highest BCUT2D eigenvalue weighted by Gasteiger charge is 2.35. The molecule has 0 spiro atoms. The third kappa shape index (κ3) is 19.0. The van der Waals surface area contributed by atoms with Crippen LogP contribution in [0.3, 0.4) is 0 Å². The van der Waals surface area contributed by atoms with Crippen molar-refractivity contribution in [3.05, 3.63) is 65.2 Å². The van der Waals surface area contributed by atoms with Crippen LogP contribution in [-0.4, -0.2) is 86.7 Å². The molecule has 1 unspecified atom stereocenters. The third-order valence-corrected chi connectivity index (χ3v) is 7.77. The zero-order valence-electron chi connectivity index (χ0n) is 34.1. The quantitative estimate of drug-likeness (QED) is 0.107. The minimum Gasteiger partial charge on any atom is -0.497 e. The number of hydrogen-bond acceptors (Lipinski definition) is 10. The van der Waals surface area contributed by atoms with Gasteiger partial charge < -0.3 is 45.0 Å². The van der Waals surface area contributed by atoms with Crippen molar-refractivity contribution in [2.75, 3.05) is 33.4 Å². The van der Waals surface area contributed by atoms with Gasteiger partial charge in [-0.2, -0.15) is 0 Å². The molecule has 0 saturated heterocycles. The van der Waals surface area contributed by atoms with Gasteiger partial charge in [0.15, 0.2) is 0 Å². The lowest BCUT2D eigenvalue weighted by molar-refractivity contribution is -0.157. The molecule has 312 valence electrons. The normalized spacial score (nSPS) is 13.4. The molecule has 4 N–H and O–H groups in total. The number of benzene rings is 2. The van der Waals surface area contributed by atoms with Crippen LogP contribution in [0.4, 0.5) is 18.4 Å². The van der Waals surface area contributed by atoms with Crippen LogP contribution in [0, 0.1) is 23.0 Å². The number of ether oxygens (including phenoxy) is 5. The van der Waals surface area contributed by atoms with Gasteiger partial charge in [0, 0.05) is 33.0 Å². The van der Waals surface area contributed by atoms with E-state index in [-0.39, 0.29) is 51.3 Å². The van der Waals surface area contributed by atoms with Crippen molar-refractivity contribution < 1.29 is 56.4 Å². The first kappa shape index (κ1) is 47.2. The lowest BCUT2D eigenvalue weighted by Crippen LogP contribution is -2.56. The van der Waals surface area contributed by atoms with Gasteiger partial charge in [-0.1, -0.05) is 26.0 Å². The van der Waals surface area contributed by atoms with Crippen LogP contribution < -0.4 is 26.0 Å². The molecule has 14 nitrogen and oxygen atoms in total. The second-order valence-electron chi connectivity index (χ2n) is 16.2. The number of hydrogen-bond donors (Lipinski definition) is 4. The highest BCUT2D eigenvalue weighted by atomic mass is 19.1. The number of carbonyl (C=O) groups excluding carboxylic acids is 5. The minimum atomic E-state index is -1.53. The molecule has 16 heteroatoms. The first-order chi connectivity index (χ1) is 25.9. The fraction of sp³-hybridized carbons (Fsp3) is 0.575. The summed E-state index contributed by atoms with van der Waals surface area (Å²) >= 11 is 0. The van der Waals surface area contributed by atoms with Gasteiger partial charge in [-0.25, -0.2) is 18.4 Å². The number of amides is 4. The molecule has 0 aliphatic heterocycles. The Hall–Kier alpha value is -4.99. The van der Waals surface area contributed by atoms with Crippen molar-refractivity contribution in [2.45, 2.75) is 105 Å². The van der Waals surface area contributed by atoms with E-state index in [1.165, 1.54) is 0 Å². The van der Waals surface area contributed by atoms with Gasteiger partial charge >= 0.3 is 18.2 Å². The van der Waals surface area contributed by atoms with Crippen LogP contribution in [0.2, 0.25) is 0 Å². The number of halogens is 2. The van der Waals surface area contributed by atoms with E-state index in [1.807, 2.05) is 0 Å². The number of carbonyl (C=O) groups is 5. The molecule has 0 fully saturated rings. The van der Waals surface area contributed by atoms with Crippen LogP contribution in [0.5, 0.6) is 5.75 Å². The maximum Gasteiger partial charge on any atom is 0.408 e. The largest absolute Gasteiger partial charge is 0.497 e. The number of methoxy groups -OCH3 is 1. The fourth-order valence-corrected chi connectivity index (χ4v) is 5.12. The van der Waals surface area contributed by atoms with Gasteiger partial charge in [0.2, 0.25) is 12.0 Å². The zero-order valence-corrected chi connectivity index (χ0v) is 34.1. The summed E-state index contributed by atoms with van der Waals surface area (Å²) in [5.74, 6) is -3.22. The number of rotatable bonds is 19. The summed E-state index contributed by atoms with van der Waals surface area (Å²) in [6.45, 7) is 14.6. The summed E-state index contributed by atoms with van der Waals surface area (Å²) in [4.78, 5) is 64.1. The molecule has 0 saturated carbocycles. The summed E-state index contributed by atoms with van der Waals surface area (Å²) in [5, 5.41) is 10.7. The van der Waals surface area contributed by atoms with Crippen LogP contribution in [0.15, 0.2) is 42.5 Å². The predicted molar refractivity (Wildman–Crippen MR) is 204 cm³/mol. The van der Waals surface area contributed by atoms with Crippen LogP contribution in [0.1, 0.15) is 79.9 Å². The Kier molecular flexibility index (Phi) is 18.0. The molecule has 2 rings (SSSR count). The minimum absolute atomic E-state index is 0.00608. The Morgan fingerprint density at radius 3 is 1.98 bits per heavy atom. The van der Waals surface area contributed by atoms with Gasteiger partial charge in [0.05, 0.1) is 20.3 Å². The SMILES string of the molecule is COc1ccc(COC[C@@H](NC(=O)OC(C)(C)C)[C@H](OC(C)=O)C(=O)NCC(C)(C)CNC(=O)CC(CNC(=O)OC(C)(C)C)Cc2cc(F)ccc2F)cc1. The smallest absolute Gasteiger partial charge is 0.408 e. The van der Waals surface area contributed by atoms with E-state index in [9.17, 15) is 32.8 Å². The van der Waals surface area contributed by atoms with Gasteiger partial charge in [0.25, 0.3) is 5.91 Å². The molecule has 4 amide bonds. The first-order valence-electron chi connectivity index (χ1n) is 18.3. The summed E-state index contributed by atoms with van der Waals surface area (Å²) in [5.41, 5.74) is -1.57. The first-order valence-corrected chi connectivity index (χ1v) is 18.3. The summed E-state index contributed by atoms with van der Waals surface area (Å²) in [6, 6.07) is 8.96. The van der Waals surface area contributed by atoms with Crippen molar-refractivity contribution in [3.8, 4) is 5.75 Å². The lowest BCUT2D eigenvalue weighted by atomic mass is 9.92. The molecule has 0 heterocycles. The van der Waals surface area contributed by atoms with E-state index in [1.54, 1.807) is 86.8 Å². The fourth-order valence-electron chi connectivity index (χ4n) is 5.12. The van der Waals surface area contributed by atoms with Gasteiger partial charge in [0.1, 0.15) is 34.6 Å². The Morgan fingerprint density at radius 2 is 1.39 bits per heavy atom. The highest BCUT2D eigenvalue weighted by molar-refractivity contribution is 5.85. The maximum absolute atomic E-state index is 14.5. The standard InChI is InChI=1S/C40H58F2N4O10/c1-25(47)54-34(32(46-37(51)56-39(5,6)7)22-53-21-26-11-14-30(52-10)15-12-26)35(49)45-24-40(8,9)23-44-33(48)18-27(20-43-36(50)55-38(2,3)4)17-28-19-29(41)13-16-31(28)42/h11-16,19,27,32,34H,17-18,20-24H2,1-10H3,(H,43,50)(H,44,48)(H,45,49)(H,46,51)/t27?,32-,34+/m1/s1. The molecular weight excluding hydrogens is 734 g/mol. The summed E-state index contributed by atoms with van der Waals surface area (Å²) < 4.78 is 55.5. The Morgan fingerprint density at radius 1 is 0.786 bits per heavy atom. The van der Waals surface area contributed by atoms with Gasteiger partial charge in [-0.15, -0.1) is 0 Å². The average Bonchev–Trinajstić information content (AvgIpc) is 3.07. The molecule has 3 atom stereocenters. The second kappa shape index (κ2) is 21.3. The Labute approximate surface area is 328 Å². The molecule has 0 aliphatic rings. The van der Waals surface area contributed by atoms with Crippen LogP contribution >= 0.6 is 0 Å². The van der Waals surface area contributed by atoms with Crippen LogP contribution in [-0.2, 0) is 46.4 Å². The highest BCUT2D eigenvalue weighted by Crippen LogP contribution is 2.19. The predicted octanol–water partition coefficient (Wildman–Crippen LogP) is 5.35. The third-order valence-electron chi connectivity index (χ3n) is 7.77. The van der Waals surface area contributed by atoms with E-state index >= 15 is 0 Å². The van der Waals surface area contributed by atoms with Crippen molar-refractivity contribution in [1.82, 2.24) is 21.3 Å². The van der Waals surface area contributed by atoms with Crippen molar-refractivity contribution >= 4 is 30.0 Å². The van der Waals surface area contributed by atoms with E-state index in [4.69, 9.17) is 23.7 Å². The number of alkyl carbamates (subject to hydrolysis) is 2. The zero-order chi connectivity index (χ0) is 42.3. The van der Waals surface area contributed by atoms with Crippen molar-refractivity contribution in [2.24, 2.45) is 11.3 Å². The molecule has 0 aromatic heterocycles. The number of esters is 1. The second-order valence-corrected chi connectivity index (χ2v) is 16.2. The molecule has 0 radical (unpaired) electrons. The van der Waals surface area contributed by atoms with E-state index < -0.39 is 76.3 Å². The molecule has 2 aromatic rings. The molecule has 0 aliphatic carbocycles. The van der Waals surface area contributed by atoms with E-state index in [0.717, 1.165) is 30.7 Å². The molecular formula is C40H58F2N4O10. The molecule has 2 aromatic carbocycles.